The molecular formula is C17H27BrN2O. The molecule has 118 valence electrons. The molecule has 1 aliphatic rings. The second-order valence-electron chi connectivity index (χ2n) is 6.42. The fourth-order valence-corrected chi connectivity index (χ4v) is 3.57. The van der Waals surface area contributed by atoms with Crippen LogP contribution in [-0.2, 0) is 6.54 Å². The molecule has 3 nitrogen and oxygen atoms in total. The Morgan fingerprint density at radius 2 is 2.24 bits per heavy atom. The second kappa shape index (κ2) is 8.16. The van der Waals surface area contributed by atoms with E-state index in [-0.39, 0.29) is 0 Å². The molecule has 4 heteroatoms. The number of aliphatic hydroxyl groups excluding tert-OH is 1. The van der Waals surface area contributed by atoms with E-state index in [0.29, 0.717) is 18.4 Å². The third kappa shape index (κ3) is 4.97. The molecule has 2 N–H and O–H groups in total. The topological polar surface area (TPSA) is 35.5 Å². The highest BCUT2D eigenvalue weighted by molar-refractivity contribution is 9.10. The van der Waals surface area contributed by atoms with Crippen molar-refractivity contribution in [1.29, 1.82) is 0 Å². The van der Waals surface area contributed by atoms with Crippen molar-refractivity contribution in [3.63, 3.8) is 0 Å². The van der Waals surface area contributed by atoms with Crippen LogP contribution in [0.1, 0.15) is 32.3 Å². The van der Waals surface area contributed by atoms with Crippen molar-refractivity contribution in [2.24, 2.45) is 11.8 Å². The Kier molecular flexibility index (Phi) is 6.52. The first-order valence-electron chi connectivity index (χ1n) is 7.95. The molecule has 1 atom stereocenters. The smallest absolute Gasteiger partial charge is 0.0510 e. The van der Waals surface area contributed by atoms with Crippen LogP contribution < -0.4 is 10.2 Å². The summed E-state index contributed by atoms with van der Waals surface area (Å²) in [6, 6.07) is 6.66. The Balaban J connectivity index is 1.93. The van der Waals surface area contributed by atoms with E-state index in [1.165, 1.54) is 22.1 Å². The Labute approximate surface area is 136 Å². The lowest BCUT2D eigenvalue weighted by Crippen LogP contribution is -2.21. The van der Waals surface area contributed by atoms with Gasteiger partial charge in [0.15, 0.2) is 0 Å². The predicted molar refractivity (Wildman–Crippen MR) is 92.7 cm³/mol. The van der Waals surface area contributed by atoms with E-state index in [1.54, 1.807) is 0 Å². The third-order valence-electron chi connectivity index (χ3n) is 4.06. The van der Waals surface area contributed by atoms with Gasteiger partial charge < -0.3 is 15.3 Å². The molecule has 0 aliphatic carbocycles. The van der Waals surface area contributed by atoms with Crippen LogP contribution in [0.2, 0.25) is 0 Å². The van der Waals surface area contributed by atoms with Crippen LogP contribution in [0.4, 0.5) is 5.69 Å². The molecule has 0 bridgehead atoms. The fourth-order valence-electron chi connectivity index (χ4n) is 2.89. The number of nitrogens with zero attached hydrogens (tertiary/aromatic N) is 1. The summed E-state index contributed by atoms with van der Waals surface area (Å²) >= 11 is 3.72. The van der Waals surface area contributed by atoms with Crippen molar-refractivity contribution in [2.75, 3.05) is 31.1 Å². The largest absolute Gasteiger partial charge is 0.396 e. The summed E-state index contributed by atoms with van der Waals surface area (Å²) in [6.45, 7) is 8.88. The zero-order chi connectivity index (χ0) is 15.2. The predicted octanol–water partition coefficient (Wildman–Crippen LogP) is 3.40. The molecule has 0 saturated carbocycles. The van der Waals surface area contributed by atoms with Crippen LogP contribution in [0.5, 0.6) is 0 Å². The van der Waals surface area contributed by atoms with Gasteiger partial charge in [0.2, 0.25) is 0 Å². The molecule has 21 heavy (non-hydrogen) atoms. The van der Waals surface area contributed by atoms with Gasteiger partial charge in [0, 0.05) is 30.7 Å². The van der Waals surface area contributed by atoms with Crippen molar-refractivity contribution >= 4 is 21.6 Å². The van der Waals surface area contributed by atoms with E-state index >= 15 is 0 Å². The number of halogens is 1. The first-order chi connectivity index (χ1) is 10.1. The standard InChI is InChI=1S/C17H27BrN2O/c1-13(2)10-19-11-15-3-4-17(16(18)9-15)20-7-5-14(12-20)6-8-21/h3-4,9,13-14,19,21H,5-8,10-12H2,1-2H3. The van der Waals surface area contributed by atoms with Crippen LogP contribution in [0, 0.1) is 11.8 Å². The van der Waals surface area contributed by atoms with Gasteiger partial charge in [-0.05, 0) is 64.8 Å². The molecular weight excluding hydrogens is 328 g/mol. The lowest BCUT2D eigenvalue weighted by atomic mass is 10.1. The molecule has 1 aromatic rings. The Morgan fingerprint density at radius 1 is 1.43 bits per heavy atom. The SMILES string of the molecule is CC(C)CNCc1ccc(N2CCC(CCO)C2)c(Br)c1. The second-order valence-corrected chi connectivity index (χ2v) is 7.28. The number of benzene rings is 1. The lowest BCUT2D eigenvalue weighted by Gasteiger charge is -2.21. The third-order valence-corrected chi connectivity index (χ3v) is 4.69. The minimum absolute atomic E-state index is 0.306. The highest BCUT2D eigenvalue weighted by atomic mass is 79.9. The summed E-state index contributed by atoms with van der Waals surface area (Å²) in [5.74, 6) is 1.31. The van der Waals surface area contributed by atoms with Gasteiger partial charge in [0.05, 0.1) is 5.69 Å². The monoisotopic (exact) mass is 354 g/mol. The van der Waals surface area contributed by atoms with E-state index in [9.17, 15) is 0 Å². The summed E-state index contributed by atoms with van der Waals surface area (Å²) in [4.78, 5) is 2.43. The fraction of sp³-hybridized carbons (Fsp3) is 0.647. The number of anilines is 1. The van der Waals surface area contributed by atoms with Gasteiger partial charge in [-0.15, -0.1) is 0 Å². The summed E-state index contributed by atoms with van der Waals surface area (Å²) < 4.78 is 1.18. The van der Waals surface area contributed by atoms with Gasteiger partial charge in [0.25, 0.3) is 0 Å². The molecule has 1 aromatic carbocycles. The summed E-state index contributed by atoms with van der Waals surface area (Å²) in [5.41, 5.74) is 2.60. The van der Waals surface area contributed by atoms with Crippen LogP contribution in [0.25, 0.3) is 0 Å². The van der Waals surface area contributed by atoms with Gasteiger partial charge in [-0.25, -0.2) is 0 Å². The maximum atomic E-state index is 9.06. The number of hydrogen-bond donors (Lipinski definition) is 2. The van der Waals surface area contributed by atoms with Gasteiger partial charge >= 0.3 is 0 Å². The Morgan fingerprint density at radius 3 is 2.90 bits per heavy atom. The minimum Gasteiger partial charge on any atom is -0.396 e. The quantitative estimate of drug-likeness (QED) is 0.787. The van der Waals surface area contributed by atoms with Gasteiger partial charge in [-0.1, -0.05) is 19.9 Å². The summed E-state index contributed by atoms with van der Waals surface area (Å²) in [6.07, 6.45) is 2.11. The molecule has 1 heterocycles. The molecule has 0 aromatic heterocycles. The number of aliphatic hydroxyl groups is 1. The van der Waals surface area contributed by atoms with Gasteiger partial charge in [0.1, 0.15) is 0 Å². The van der Waals surface area contributed by atoms with Crippen LogP contribution in [0.15, 0.2) is 22.7 Å². The Bertz CT molecular complexity index is 450. The van der Waals surface area contributed by atoms with E-state index in [2.05, 4.69) is 58.2 Å². The van der Waals surface area contributed by atoms with Crippen molar-refractivity contribution in [1.82, 2.24) is 5.32 Å². The molecule has 0 spiro atoms. The first-order valence-corrected chi connectivity index (χ1v) is 8.74. The van der Waals surface area contributed by atoms with Crippen LogP contribution in [-0.4, -0.2) is 31.3 Å². The maximum absolute atomic E-state index is 9.06. The molecule has 1 fully saturated rings. The molecule has 1 aliphatic heterocycles. The lowest BCUT2D eigenvalue weighted by molar-refractivity contribution is 0.263. The van der Waals surface area contributed by atoms with E-state index in [1.807, 2.05) is 0 Å². The van der Waals surface area contributed by atoms with E-state index < -0.39 is 0 Å². The van der Waals surface area contributed by atoms with E-state index in [4.69, 9.17) is 5.11 Å². The zero-order valence-electron chi connectivity index (χ0n) is 13.1. The first kappa shape index (κ1) is 16.8. The summed E-state index contributed by atoms with van der Waals surface area (Å²) in [7, 11) is 0. The number of hydrogen-bond acceptors (Lipinski definition) is 3. The normalized spacial score (nSPS) is 18.7. The molecule has 2 rings (SSSR count). The van der Waals surface area contributed by atoms with Crippen molar-refractivity contribution in [3.05, 3.63) is 28.2 Å². The molecule has 1 saturated heterocycles. The maximum Gasteiger partial charge on any atom is 0.0510 e. The number of nitrogens with one attached hydrogen (secondary N) is 1. The highest BCUT2D eigenvalue weighted by Crippen LogP contribution is 2.32. The van der Waals surface area contributed by atoms with Crippen LogP contribution in [0.3, 0.4) is 0 Å². The molecule has 0 radical (unpaired) electrons. The number of rotatable bonds is 7. The van der Waals surface area contributed by atoms with Gasteiger partial charge in [-0.3, -0.25) is 0 Å². The van der Waals surface area contributed by atoms with Crippen molar-refractivity contribution in [2.45, 2.75) is 33.2 Å². The van der Waals surface area contributed by atoms with Crippen molar-refractivity contribution in [3.8, 4) is 0 Å². The Hall–Kier alpha value is -0.580. The minimum atomic E-state index is 0.306. The molecule has 1 unspecified atom stereocenters. The van der Waals surface area contributed by atoms with Gasteiger partial charge in [-0.2, -0.15) is 0 Å². The average molecular weight is 355 g/mol. The zero-order valence-corrected chi connectivity index (χ0v) is 14.7. The van der Waals surface area contributed by atoms with Crippen molar-refractivity contribution < 1.29 is 5.11 Å². The molecule has 0 amide bonds. The summed E-state index contributed by atoms with van der Waals surface area (Å²) in [5, 5.41) is 12.5. The van der Waals surface area contributed by atoms with Crippen LogP contribution >= 0.6 is 15.9 Å². The average Bonchev–Trinajstić information content (AvgIpc) is 2.87. The van der Waals surface area contributed by atoms with E-state index in [0.717, 1.165) is 32.6 Å². The highest BCUT2D eigenvalue weighted by Gasteiger charge is 2.23.